The molecule has 0 radical (unpaired) electrons. The Morgan fingerprint density at radius 2 is 1.88 bits per heavy atom. The Labute approximate surface area is 93.0 Å². The Hall–Kier alpha value is -0.910. The Morgan fingerprint density at radius 1 is 1.31 bits per heavy atom. The van der Waals surface area contributed by atoms with E-state index in [9.17, 15) is 14.2 Å². The van der Waals surface area contributed by atoms with Gasteiger partial charge in [0.15, 0.2) is 0 Å². The normalized spacial score (nSPS) is 16.4. The summed E-state index contributed by atoms with van der Waals surface area (Å²) >= 11 is 0. The highest BCUT2D eigenvalue weighted by Crippen LogP contribution is 2.30. The first kappa shape index (κ1) is 15.1. The third-order valence-electron chi connectivity index (χ3n) is 1.83. The maximum Gasteiger partial charge on any atom is 0.321 e. The molecule has 0 saturated carbocycles. The zero-order chi connectivity index (χ0) is 12.8. The van der Waals surface area contributed by atoms with E-state index in [1.165, 1.54) is 0 Å². The largest absolute Gasteiger partial charge is 0.481 e. The van der Waals surface area contributed by atoms with Gasteiger partial charge >= 0.3 is 11.9 Å². The number of aliphatic carboxylic acids is 2. The minimum absolute atomic E-state index is 0.0325. The van der Waals surface area contributed by atoms with Crippen molar-refractivity contribution < 1.29 is 29.3 Å². The van der Waals surface area contributed by atoms with Gasteiger partial charge in [0.05, 0.1) is 0 Å². The van der Waals surface area contributed by atoms with Gasteiger partial charge in [-0.2, -0.15) is 0 Å². The number of unbranched alkanes of at least 4 members (excludes halogenated alkanes) is 1. The average Bonchev–Trinajstić information content (AvgIpc) is 2.07. The molecule has 0 aromatic rings. The molecule has 0 aliphatic rings. The predicted molar refractivity (Wildman–Crippen MR) is 56.4 cm³/mol. The first-order valence-corrected chi connectivity index (χ1v) is 6.85. The molecule has 0 aliphatic heterocycles. The average molecular weight is 253 g/mol. The van der Waals surface area contributed by atoms with Gasteiger partial charge in [0.1, 0.15) is 6.04 Å². The van der Waals surface area contributed by atoms with E-state index in [0.717, 1.165) is 6.66 Å². The van der Waals surface area contributed by atoms with E-state index in [-0.39, 0.29) is 12.8 Å². The molecule has 16 heavy (non-hydrogen) atoms. The summed E-state index contributed by atoms with van der Waals surface area (Å²) in [6, 6.07) is -1.12. The van der Waals surface area contributed by atoms with Gasteiger partial charge in [0.2, 0.25) is 0 Å². The van der Waals surface area contributed by atoms with E-state index in [2.05, 4.69) is 5.09 Å². The van der Waals surface area contributed by atoms with E-state index in [1.54, 1.807) is 0 Å². The smallest absolute Gasteiger partial charge is 0.321 e. The van der Waals surface area contributed by atoms with E-state index in [0.29, 0.717) is 12.8 Å². The lowest BCUT2D eigenvalue weighted by atomic mass is 10.1. The second-order valence-electron chi connectivity index (χ2n) is 3.54. The fourth-order valence-electron chi connectivity index (χ4n) is 1.16. The third kappa shape index (κ3) is 8.40. The fraction of sp³-hybridized carbons (Fsp3) is 0.750. The van der Waals surface area contributed by atoms with Crippen molar-refractivity contribution >= 4 is 19.5 Å². The van der Waals surface area contributed by atoms with Gasteiger partial charge in [-0.1, -0.05) is 6.42 Å². The minimum Gasteiger partial charge on any atom is -0.481 e. The van der Waals surface area contributed by atoms with Crippen LogP contribution in [0.5, 0.6) is 0 Å². The van der Waals surface area contributed by atoms with Crippen LogP contribution in [0, 0.1) is 0 Å². The summed E-state index contributed by atoms with van der Waals surface area (Å²) in [5.41, 5.74) is 0. The van der Waals surface area contributed by atoms with Gasteiger partial charge in [-0.05, 0) is 12.8 Å². The van der Waals surface area contributed by atoms with Crippen LogP contribution in [0.15, 0.2) is 0 Å². The molecule has 0 heterocycles. The molecule has 2 unspecified atom stereocenters. The fourth-order valence-corrected chi connectivity index (χ4v) is 1.97. The van der Waals surface area contributed by atoms with E-state index >= 15 is 0 Å². The number of hydrogen-bond acceptors (Lipinski definition) is 3. The van der Waals surface area contributed by atoms with Crippen molar-refractivity contribution in [1.82, 2.24) is 5.09 Å². The molecule has 0 rings (SSSR count). The number of nitrogens with one attached hydrogen (secondary N) is 1. The van der Waals surface area contributed by atoms with Crippen molar-refractivity contribution in [3.63, 3.8) is 0 Å². The van der Waals surface area contributed by atoms with Crippen molar-refractivity contribution in [2.45, 2.75) is 31.7 Å². The van der Waals surface area contributed by atoms with Gasteiger partial charge in [-0.25, -0.2) is 5.09 Å². The molecule has 0 fully saturated rings. The maximum absolute atomic E-state index is 11.0. The van der Waals surface area contributed by atoms with Crippen LogP contribution in [-0.4, -0.2) is 39.8 Å². The molecule has 2 atom stereocenters. The Kier molecular flexibility index (Phi) is 6.25. The SMILES string of the molecule is CP(=O)(O)NC(CCCCC(=O)O)C(=O)O. The third-order valence-corrected chi connectivity index (χ3v) is 2.62. The van der Waals surface area contributed by atoms with E-state index in [1.807, 2.05) is 0 Å². The molecule has 94 valence electrons. The van der Waals surface area contributed by atoms with Crippen LogP contribution in [0.25, 0.3) is 0 Å². The van der Waals surface area contributed by atoms with Crippen molar-refractivity contribution in [3.8, 4) is 0 Å². The monoisotopic (exact) mass is 253 g/mol. The standard InChI is InChI=1S/C8H16NO6P/c1-16(14,15)9-6(8(12)13)4-2-3-5-7(10)11/h6H,2-5H2,1H3,(H,10,11)(H,12,13)(H2,9,14,15). The van der Waals surface area contributed by atoms with Crippen LogP contribution in [0.4, 0.5) is 0 Å². The van der Waals surface area contributed by atoms with Crippen molar-refractivity contribution in [2.24, 2.45) is 0 Å². The molecule has 4 N–H and O–H groups in total. The molecule has 0 aromatic heterocycles. The zero-order valence-electron chi connectivity index (χ0n) is 8.92. The van der Waals surface area contributed by atoms with Crippen molar-refractivity contribution in [3.05, 3.63) is 0 Å². The van der Waals surface area contributed by atoms with Crippen LogP contribution >= 0.6 is 7.52 Å². The summed E-state index contributed by atoms with van der Waals surface area (Å²) in [6.07, 6.45) is 0.812. The molecular formula is C8H16NO6P. The summed E-state index contributed by atoms with van der Waals surface area (Å²) in [5, 5.41) is 19.2. The van der Waals surface area contributed by atoms with E-state index < -0.39 is 25.5 Å². The highest BCUT2D eigenvalue weighted by molar-refractivity contribution is 7.55. The lowest BCUT2D eigenvalue weighted by Crippen LogP contribution is -2.34. The molecule has 0 aliphatic carbocycles. The van der Waals surface area contributed by atoms with Crippen LogP contribution < -0.4 is 5.09 Å². The first-order valence-electron chi connectivity index (χ1n) is 4.75. The molecule has 8 heteroatoms. The van der Waals surface area contributed by atoms with Crippen LogP contribution in [0.2, 0.25) is 0 Å². The molecular weight excluding hydrogens is 237 g/mol. The first-order chi connectivity index (χ1) is 7.22. The summed E-state index contributed by atoms with van der Waals surface area (Å²) in [6.45, 7) is 1.01. The van der Waals surface area contributed by atoms with Gasteiger partial charge in [-0.3, -0.25) is 14.2 Å². The lowest BCUT2D eigenvalue weighted by Gasteiger charge is -2.15. The Morgan fingerprint density at radius 3 is 2.25 bits per heavy atom. The number of rotatable bonds is 8. The van der Waals surface area contributed by atoms with Gasteiger partial charge in [0, 0.05) is 13.1 Å². The number of carbonyl (C=O) groups is 2. The summed E-state index contributed by atoms with van der Waals surface area (Å²) in [5.74, 6) is -2.16. The van der Waals surface area contributed by atoms with Gasteiger partial charge in [-0.15, -0.1) is 0 Å². The number of hydrogen-bond donors (Lipinski definition) is 4. The van der Waals surface area contributed by atoms with Crippen LogP contribution in [-0.2, 0) is 14.2 Å². The minimum atomic E-state index is -3.59. The topological polar surface area (TPSA) is 124 Å². The van der Waals surface area contributed by atoms with Gasteiger partial charge < -0.3 is 15.1 Å². The maximum atomic E-state index is 11.0. The second kappa shape index (κ2) is 6.62. The van der Waals surface area contributed by atoms with Crippen LogP contribution in [0.1, 0.15) is 25.7 Å². The van der Waals surface area contributed by atoms with Crippen molar-refractivity contribution in [2.75, 3.05) is 6.66 Å². The summed E-state index contributed by atoms with van der Waals surface area (Å²) < 4.78 is 11.0. The lowest BCUT2D eigenvalue weighted by molar-refractivity contribution is -0.139. The predicted octanol–water partition coefficient (Wildman–Crippen LogP) is 0.489. The highest BCUT2D eigenvalue weighted by atomic mass is 31.2. The molecule has 0 saturated heterocycles. The zero-order valence-corrected chi connectivity index (χ0v) is 9.81. The highest BCUT2D eigenvalue weighted by Gasteiger charge is 2.23. The molecule has 0 amide bonds. The summed E-state index contributed by atoms with van der Waals surface area (Å²) in [4.78, 5) is 29.9. The molecule has 0 bridgehead atoms. The Balaban J connectivity index is 4.01. The quantitative estimate of drug-likeness (QED) is 0.366. The number of carboxylic acids is 2. The second-order valence-corrected chi connectivity index (χ2v) is 5.55. The summed E-state index contributed by atoms with van der Waals surface area (Å²) in [7, 11) is -3.59. The van der Waals surface area contributed by atoms with E-state index in [4.69, 9.17) is 15.1 Å². The Bertz CT molecular complexity index is 299. The number of carboxylic acid groups (broad SMARTS) is 2. The van der Waals surface area contributed by atoms with Crippen LogP contribution in [0.3, 0.4) is 0 Å². The van der Waals surface area contributed by atoms with Gasteiger partial charge in [0.25, 0.3) is 7.52 Å². The molecule has 7 nitrogen and oxygen atoms in total. The molecule has 0 aromatic carbocycles. The molecule has 0 spiro atoms. The van der Waals surface area contributed by atoms with Crippen molar-refractivity contribution in [1.29, 1.82) is 0 Å².